The fraction of sp³-hybridized carbons (Fsp3) is 0.591. The Morgan fingerprint density at radius 3 is 2.67 bits per heavy atom. The minimum absolute atomic E-state index is 0.0860. The van der Waals surface area contributed by atoms with Gasteiger partial charge in [-0.05, 0) is 83.0 Å². The highest BCUT2D eigenvalue weighted by molar-refractivity contribution is 7.21. The van der Waals surface area contributed by atoms with E-state index in [2.05, 4.69) is 37.1 Å². The molecule has 1 atom stereocenters. The highest BCUT2D eigenvalue weighted by Gasteiger charge is 2.60. The van der Waals surface area contributed by atoms with Crippen molar-refractivity contribution in [1.82, 2.24) is 10.2 Å². The Hall–Kier alpha value is -1.59. The highest BCUT2D eigenvalue weighted by atomic mass is 32.1. The molecule has 144 valence electrons. The summed E-state index contributed by atoms with van der Waals surface area (Å²) in [6.45, 7) is 8.58. The average molecular weight is 385 g/mol. The number of amides is 1. The van der Waals surface area contributed by atoms with Gasteiger partial charge in [0.1, 0.15) is 11.4 Å². The summed E-state index contributed by atoms with van der Waals surface area (Å²) in [6.07, 6.45) is 4.93. The number of nitrogens with one attached hydrogen (secondary N) is 1. The largest absolute Gasteiger partial charge is 0.487 e. The van der Waals surface area contributed by atoms with Crippen molar-refractivity contribution < 1.29 is 9.53 Å². The second kappa shape index (κ2) is 5.95. The van der Waals surface area contributed by atoms with E-state index < -0.39 is 0 Å². The topological polar surface area (TPSA) is 41.6 Å². The van der Waals surface area contributed by atoms with E-state index in [1.807, 2.05) is 18.2 Å². The quantitative estimate of drug-likeness (QED) is 0.851. The van der Waals surface area contributed by atoms with Crippen LogP contribution in [0.4, 0.5) is 0 Å². The Morgan fingerprint density at radius 1 is 1.26 bits per heavy atom. The zero-order chi connectivity index (χ0) is 18.8. The van der Waals surface area contributed by atoms with Crippen LogP contribution in [0.3, 0.4) is 0 Å². The summed E-state index contributed by atoms with van der Waals surface area (Å²) >= 11 is 1.55. The van der Waals surface area contributed by atoms with E-state index in [0.717, 1.165) is 20.7 Å². The van der Waals surface area contributed by atoms with Gasteiger partial charge in [-0.25, -0.2) is 0 Å². The predicted molar refractivity (Wildman–Crippen MR) is 110 cm³/mol. The number of thiophene rings is 1. The molecule has 27 heavy (non-hydrogen) atoms. The summed E-state index contributed by atoms with van der Waals surface area (Å²) in [6, 6.07) is 8.41. The van der Waals surface area contributed by atoms with E-state index in [-0.39, 0.29) is 17.0 Å². The standard InChI is InChI=1S/C22H28N2O2S/c1-21(2,3)26-16-6-4-5-15-13-17(27-18(15)16)20(25)23-19-14-7-11-24(12-8-14)22(19)9-10-22/h4-6,13-14,19H,7-12H2,1-3H3,(H,23,25)/t19-/m1/s1. The Morgan fingerprint density at radius 2 is 2.00 bits per heavy atom. The number of piperidine rings is 3. The first-order valence-corrected chi connectivity index (χ1v) is 10.9. The molecule has 3 aliphatic heterocycles. The average Bonchev–Trinajstić information content (AvgIpc) is 3.26. The zero-order valence-corrected chi connectivity index (χ0v) is 17.2. The van der Waals surface area contributed by atoms with Gasteiger partial charge in [-0.3, -0.25) is 9.69 Å². The number of fused-ring (bicyclic) bond motifs is 3. The van der Waals surface area contributed by atoms with Crippen LogP contribution in [0, 0.1) is 5.92 Å². The SMILES string of the molecule is CC(C)(C)Oc1cccc2cc(C(=O)N[C@@H]3C4CCN(CC4)C34CC4)sc12. The van der Waals surface area contributed by atoms with Gasteiger partial charge < -0.3 is 10.1 Å². The Kier molecular flexibility index (Phi) is 3.86. The van der Waals surface area contributed by atoms with E-state index in [1.54, 1.807) is 11.3 Å². The van der Waals surface area contributed by atoms with Gasteiger partial charge in [0.25, 0.3) is 5.91 Å². The van der Waals surface area contributed by atoms with E-state index in [0.29, 0.717) is 12.0 Å². The molecule has 0 unspecified atom stereocenters. The molecule has 1 saturated carbocycles. The van der Waals surface area contributed by atoms with Gasteiger partial charge in [0.15, 0.2) is 0 Å². The van der Waals surface area contributed by atoms with Crippen LogP contribution in [0.2, 0.25) is 0 Å². The van der Waals surface area contributed by atoms with Gasteiger partial charge >= 0.3 is 0 Å². The lowest BCUT2D eigenvalue weighted by atomic mass is 9.77. The van der Waals surface area contributed by atoms with Gasteiger partial charge in [0.2, 0.25) is 0 Å². The molecule has 4 nitrogen and oxygen atoms in total. The smallest absolute Gasteiger partial charge is 0.261 e. The maximum absolute atomic E-state index is 13.1. The molecule has 1 aliphatic carbocycles. The number of ether oxygens (including phenoxy) is 1. The van der Waals surface area contributed by atoms with Crippen LogP contribution in [-0.4, -0.2) is 41.1 Å². The van der Waals surface area contributed by atoms with Crippen molar-refractivity contribution in [3.8, 4) is 5.75 Å². The molecule has 4 aliphatic rings. The number of benzene rings is 1. The number of hydrogen-bond acceptors (Lipinski definition) is 4. The van der Waals surface area contributed by atoms with E-state index >= 15 is 0 Å². The summed E-state index contributed by atoms with van der Waals surface area (Å²) in [5.41, 5.74) is 0.0167. The fourth-order valence-corrected chi connectivity index (χ4v) is 6.10. The molecule has 3 saturated heterocycles. The number of nitrogens with zero attached hydrogens (tertiary/aromatic N) is 1. The number of carbonyl (C=O) groups excluding carboxylic acids is 1. The van der Waals surface area contributed by atoms with Crippen LogP contribution < -0.4 is 10.1 Å². The van der Waals surface area contributed by atoms with Gasteiger partial charge in [0, 0.05) is 5.54 Å². The number of rotatable bonds is 3. The fourth-order valence-electron chi connectivity index (χ4n) is 5.09. The predicted octanol–water partition coefficient (Wildman–Crippen LogP) is 4.44. The lowest BCUT2D eigenvalue weighted by Gasteiger charge is -2.52. The van der Waals surface area contributed by atoms with Crippen LogP contribution in [0.15, 0.2) is 24.3 Å². The van der Waals surface area contributed by atoms with Crippen molar-refractivity contribution in [3.63, 3.8) is 0 Å². The maximum atomic E-state index is 13.1. The molecule has 4 heterocycles. The minimum atomic E-state index is -0.255. The van der Waals surface area contributed by atoms with Crippen molar-refractivity contribution in [2.75, 3.05) is 13.1 Å². The van der Waals surface area contributed by atoms with Crippen molar-refractivity contribution in [2.45, 2.75) is 63.6 Å². The van der Waals surface area contributed by atoms with E-state index in [4.69, 9.17) is 4.74 Å². The Bertz CT molecular complexity index is 885. The molecule has 0 radical (unpaired) electrons. The first-order chi connectivity index (χ1) is 12.9. The second-order valence-electron chi connectivity index (χ2n) is 9.38. The third-order valence-electron chi connectivity index (χ3n) is 6.42. The van der Waals surface area contributed by atoms with Gasteiger partial charge in [-0.2, -0.15) is 0 Å². The zero-order valence-electron chi connectivity index (χ0n) is 16.4. The summed E-state index contributed by atoms with van der Waals surface area (Å²) in [5, 5.41) is 4.52. The first kappa shape index (κ1) is 17.5. The van der Waals surface area contributed by atoms with Crippen LogP contribution in [0.1, 0.15) is 56.1 Å². The number of hydrogen-bond donors (Lipinski definition) is 1. The lowest BCUT2D eigenvalue weighted by Crippen LogP contribution is -2.65. The normalized spacial score (nSPS) is 28.5. The molecular formula is C22H28N2O2S. The second-order valence-corrected chi connectivity index (χ2v) is 10.4. The highest BCUT2D eigenvalue weighted by Crippen LogP contribution is 2.53. The van der Waals surface area contributed by atoms with Crippen LogP contribution in [0.25, 0.3) is 10.1 Å². The Balaban J connectivity index is 1.41. The van der Waals surface area contributed by atoms with E-state index in [1.165, 1.54) is 38.8 Å². The molecule has 2 bridgehead atoms. The Labute approximate surface area is 164 Å². The van der Waals surface area contributed by atoms with Gasteiger partial charge in [-0.15, -0.1) is 11.3 Å². The van der Waals surface area contributed by atoms with Crippen molar-refractivity contribution >= 4 is 27.3 Å². The van der Waals surface area contributed by atoms with Gasteiger partial charge in [0.05, 0.1) is 15.6 Å². The molecule has 2 aromatic rings. The summed E-state index contributed by atoms with van der Waals surface area (Å²) in [7, 11) is 0. The summed E-state index contributed by atoms with van der Waals surface area (Å²) < 4.78 is 7.18. The molecule has 1 amide bonds. The van der Waals surface area contributed by atoms with Crippen molar-refractivity contribution in [1.29, 1.82) is 0 Å². The molecule has 5 heteroatoms. The monoisotopic (exact) mass is 384 g/mol. The molecule has 6 rings (SSSR count). The van der Waals surface area contributed by atoms with Crippen LogP contribution in [-0.2, 0) is 0 Å². The maximum Gasteiger partial charge on any atom is 0.261 e. The molecule has 1 aromatic heterocycles. The summed E-state index contributed by atoms with van der Waals surface area (Å²) in [5.74, 6) is 1.60. The van der Waals surface area contributed by atoms with E-state index in [9.17, 15) is 4.79 Å². The summed E-state index contributed by atoms with van der Waals surface area (Å²) in [4.78, 5) is 16.5. The van der Waals surface area contributed by atoms with Crippen molar-refractivity contribution in [2.24, 2.45) is 5.92 Å². The third-order valence-corrected chi connectivity index (χ3v) is 7.58. The molecule has 1 aromatic carbocycles. The first-order valence-electron chi connectivity index (χ1n) is 10.1. The molecule has 4 fully saturated rings. The van der Waals surface area contributed by atoms with Gasteiger partial charge in [-0.1, -0.05) is 12.1 Å². The minimum Gasteiger partial charge on any atom is -0.487 e. The molecule has 1 spiro atoms. The number of carbonyl (C=O) groups is 1. The van der Waals surface area contributed by atoms with Crippen molar-refractivity contribution in [3.05, 3.63) is 29.1 Å². The van der Waals surface area contributed by atoms with Crippen LogP contribution >= 0.6 is 11.3 Å². The lowest BCUT2D eigenvalue weighted by molar-refractivity contribution is -0.00138. The molecular weight excluding hydrogens is 356 g/mol. The molecule has 1 N–H and O–H groups in total. The third kappa shape index (κ3) is 2.95. The van der Waals surface area contributed by atoms with Crippen LogP contribution in [0.5, 0.6) is 5.75 Å².